The molecule has 1 aromatic rings. The van der Waals surface area contributed by atoms with E-state index in [1.807, 2.05) is 0 Å². The SMILES string of the molecule is C=C[C@H](N)c1c(O)cc(O)cc1O. The zero-order valence-corrected chi connectivity index (χ0v) is 6.94. The Hall–Kier alpha value is -1.68. The van der Waals surface area contributed by atoms with Crippen LogP contribution in [0, 0.1) is 0 Å². The Labute approximate surface area is 75.6 Å². The second-order valence-electron chi connectivity index (χ2n) is 2.66. The Morgan fingerprint density at radius 3 is 2.08 bits per heavy atom. The summed E-state index contributed by atoms with van der Waals surface area (Å²) in [6, 6.07) is 1.57. The molecule has 0 aliphatic heterocycles. The van der Waals surface area contributed by atoms with Crippen LogP contribution in [-0.2, 0) is 0 Å². The van der Waals surface area contributed by atoms with Gasteiger partial charge in [-0.15, -0.1) is 6.58 Å². The quantitative estimate of drug-likeness (QED) is 0.512. The summed E-state index contributed by atoms with van der Waals surface area (Å²) in [6.45, 7) is 3.43. The van der Waals surface area contributed by atoms with E-state index >= 15 is 0 Å². The van der Waals surface area contributed by atoms with E-state index in [0.29, 0.717) is 0 Å². The number of rotatable bonds is 2. The van der Waals surface area contributed by atoms with Crippen molar-refractivity contribution >= 4 is 0 Å². The minimum absolute atomic E-state index is 0.160. The molecule has 5 N–H and O–H groups in total. The lowest BCUT2D eigenvalue weighted by Gasteiger charge is -2.11. The number of nitrogens with two attached hydrogens (primary N) is 1. The molecule has 70 valence electrons. The molecule has 0 fully saturated rings. The number of phenols is 3. The summed E-state index contributed by atoms with van der Waals surface area (Å²) in [4.78, 5) is 0. The van der Waals surface area contributed by atoms with Gasteiger partial charge in [-0.3, -0.25) is 0 Å². The molecule has 4 heteroatoms. The molecular weight excluding hydrogens is 170 g/mol. The maximum Gasteiger partial charge on any atom is 0.128 e. The van der Waals surface area contributed by atoms with Crippen molar-refractivity contribution < 1.29 is 15.3 Å². The predicted octanol–water partition coefficient (Wildman–Crippen LogP) is 0.989. The van der Waals surface area contributed by atoms with E-state index in [-0.39, 0.29) is 22.8 Å². The largest absolute Gasteiger partial charge is 0.508 e. The molecule has 0 amide bonds. The smallest absolute Gasteiger partial charge is 0.128 e. The van der Waals surface area contributed by atoms with E-state index in [2.05, 4.69) is 6.58 Å². The van der Waals surface area contributed by atoms with Crippen LogP contribution in [0.25, 0.3) is 0 Å². The molecule has 0 heterocycles. The number of phenolic OH excluding ortho intramolecular Hbond substituents is 3. The first kappa shape index (κ1) is 9.41. The van der Waals surface area contributed by atoms with Gasteiger partial charge in [0.1, 0.15) is 17.2 Å². The van der Waals surface area contributed by atoms with E-state index in [1.54, 1.807) is 0 Å². The molecule has 13 heavy (non-hydrogen) atoms. The van der Waals surface area contributed by atoms with Crippen LogP contribution in [0.15, 0.2) is 24.8 Å². The van der Waals surface area contributed by atoms with E-state index in [1.165, 1.54) is 6.08 Å². The lowest BCUT2D eigenvalue weighted by Crippen LogP contribution is -2.06. The van der Waals surface area contributed by atoms with Gasteiger partial charge in [0.15, 0.2) is 0 Å². The van der Waals surface area contributed by atoms with Gasteiger partial charge in [-0.2, -0.15) is 0 Å². The average Bonchev–Trinajstić information content (AvgIpc) is 2.02. The van der Waals surface area contributed by atoms with Crippen LogP contribution >= 0.6 is 0 Å². The minimum atomic E-state index is -0.652. The fourth-order valence-electron chi connectivity index (χ4n) is 1.07. The zero-order chi connectivity index (χ0) is 10.0. The number of hydrogen-bond acceptors (Lipinski definition) is 4. The first-order valence-corrected chi connectivity index (χ1v) is 3.69. The van der Waals surface area contributed by atoms with Crippen LogP contribution < -0.4 is 5.73 Å². The third kappa shape index (κ3) is 1.73. The van der Waals surface area contributed by atoms with Gasteiger partial charge in [0.2, 0.25) is 0 Å². The lowest BCUT2D eigenvalue weighted by atomic mass is 10.1. The van der Waals surface area contributed by atoms with Gasteiger partial charge in [0.25, 0.3) is 0 Å². The van der Waals surface area contributed by atoms with Gasteiger partial charge in [0.05, 0.1) is 11.6 Å². The molecule has 1 rings (SSSR count). The monoisotopic (exact) mass is 181 g/mol. The third-order valence-electron chi connectivity index (χ3n) is 1.71. The first-order valence-electron chi connectivity index (χ1n) is 3.69. The van der Waals surface area contributed by atoms with Gasteiger partial charge in [-0.1, -0.05) is 6.08 Å². The Morgan fingerprint density at radius 1 is 1.23 bits per heavy atom. The molecule has 1 aromatic carbocycles. The Morgan fingerprint density at radius 2 is 1.69 bits per heavy atom. The molecule has 0 bridgehead atoms. The van der Waals surface area contributed by atoms with Crippen molar-refractivity contribution in [1.29, 1.82) is 0 Å². The molecule has 4 nitrogen and oxygen atoms in total. The summed E-state index contributed by atoms with van der Waals surface area (Å²) >= 11 is 0. The molecule has 0 radical (unpaired) electrons. The number of aromatic hydroxyl groups is 3. The van der Waals surface area contributed by atoms with E-state index in [0.717, 1.165) is 12.1 Å². The molecular formula is C9H11NO3. The molecule has 1 atom stereocenters. The second-order valence-corrected chi connectivity index (χ2v) is 2.66. The molecule has 0 saturated carbocycles. The Kier molecular flexibility index (Phi) is 2.44. The van der Waals surface area contributed by atoms with Crippen LogP contribution in [0.1, 0.15) is 11.6 Å². The average molecular weight is 181 g/mol. The zero-order valence-electron chi connectivity index (χ0n) is 6.94. The second kappa shape index (κ2) is 3.37. The summed E-state index contributed by atoms with van der Waals surface area (Å²) in [6.07, 6.45) is 1.38. The van der Waals surface area contributed by atoms with Crippen LogP contribution in [0.3, 0.4) is 0 Å². The maximum atomic E-state index is 9.33. The van der Waals surface area contributed by atoms with Gasteiger partial charge < -0.3 is 21.1 Å². The molecule has 0 aromatic heterocycles. The van der Waals surface area contributed by atoms with Crippen molar-refractivity contribution in [2.75, 3.05) is 0 Å². The summed E-state index contributed by atoms with van der Waals surface area (Å²) in [5, 5.41) is 27.6. The molecule has 0 aliphatic carbocycles. The van der Waals surface area contributed by atoms with Crippen molar-refractivity contribution in [3.8, 4) is 17.2 Å². The van der Waals surface area contributed by atoms with Gasteiger partial charge in [-0.05, 0) is 0 Å². The molecule has 0 spiro atoms. The molecule has 0 aliphatic rings. The fourth-order valence-corrected chi connectivity index (χ4v) is 1.07. The lowest BCUT2D eigenvalue weighted by molar-refractivity contribution is 0.416. The van der Waals surface area contributed by atoms with Crippen molar-refractivity contribution in [3.63, 3.8) is 0 Å². The highest BCUT2D eigenvalue weighted by Gasteiger charge is 2.14. The maximum absolute atomic E-state index is 9.33. The summed E-state index contributed by atoms with van der Waals surface area (Å²) in [5.74, 6) is -0.704. The normalized spacial score (nSPS) is 12.4. The molecule has 0 unspecified atom stereocenters. The summed E-state index contributed by atoms with van der Waals surface area (Å²) < 4.78 is 0. The summed E-state index contributed by atoms with van der Waals surface area (Å²) in [5.41, 5.74) is 5.69. The fraction of sp³-hybridized carbons (Fsp3) is 0.111. The topological polar surface area (TPSA) is 86.7 Å². The Balaban J connectivity index is 3.28. The van der Waals surface area contributed by atoms with Crippen molar-refractivity contribution in [2.45, 2.75) is 6.04 Å². The highest BCUT2D eigenvalue weighted by Crippen LogP contribution is 2.35. The number of benzene rings is 1. The van der Waals surface area contributed by atoms with Crippen molar-refractivity contribution in [1.82, 2.24) is 0 Å². The van der Waals surface area contributed by atoms with E-state index in [9.17, 15) is 10.2 Å². The van der Waals surface area contributed by atoms with Crippen molar-refractivity contribution in [3.05, 3.63) is 30.4 Å². The van der Waals surface area contributed by atoms with Crippen molar-refractivity contribution in [2.24, 2.45) is 5.73 Å². The Bertz CT molecular complexity index is 313. The first-order chi connectivity index (χ1) is 6.06. The molecule has 0 saturated heterocycles. The van der Waals surface area contributed by atoms with Crippen LogP contribution in [0.2, 0.25) is 0 Å². The van der Waals surface area contributed by atoms with Gasteiger partial charge in [0, 0.05) is 12.1 Å². The van der Waals surface area contributed by atoms with Gasteiger partial charge in [-0.25, -0.2) is 0 Å². The highest BCUT2D eigenvalue weighted by molar-refractivity contribution is 5.51. The summed E-state index contributed by atoms with van der Waals surface area (Å²) in [7, 11) is 0. The van der Waals surface area contributed by atoms with Crippen LogP contribution in [0.4, 0.5) is 0 Å². The standard InChI is InChI=1S/C9H11NO3/c1-2-6(10)9-7(12)3-5(11)4-8(9)13/h2-4,6,11-13H,1,10H2/t6-/m0/s1. The predicted molar refractivity (Wildman–Crippen MR) is 48.6 cm³/mol. The third-order valence-corrected chi connectivity index (χ3v) is 1.71. The van der Waals surface area contributed by atoms with E-state index < -0.39 is 6.04 Å². The van der Waals surface area contributed by atoms with Gasteiger partial charge >= 0.3 is 0 Å². The van der Waals surface area contributed by atoms with Crippen LogP contribution in [0.5, 0.6) is 17.2 Å². The highest BCUT2D eigenvalue weighted by atomic mass is 16.3. The number of hydrogen-bond donors (Lipinski definition) is 4. The van der Waals surface area contributed by atoms with E-state index in [4.69, 9.17) is 10.8 Å². The minimum Gasteiger partial charge on any atom is -0.508 e. The van der Waals surface area contributed by atoms with Crippen LogP contribution in [-0.4, -0.2) is 15.3 Å².